The standard InChI is InChI=1S/C18H13NO3/c19-17(20)16-15(13-9-5-2-6-10-13)14(22-18(16)21)11-12-7-3-1-4-8-12/h1-11H,(H2,19,20). The van der Waals surface area contributed by atoms with Crippen LogP contribution in [-0.4, -0.2) is 11.9 Å². The third-order valence-corrected chi connectivity index (χ3v) is 3.31. The van der Waals surface area contributed by atoms with Crippen LogP contribution in [0, 0.1) is 0 Å². The van der Waals surface area contributed by atoms with Gasteiger partial charge in [0.15, 0.2) is 0 Å². The van der Waals surface area contributed by atoms with Crippen molar-refractivity contribution in [3.63, 3.8) is 0 Å². The number of cyclic esters (lactones) is 1. The lowest BCUT2D eigenvalue weighted by Crippen LogP contribution is -2.19. The summed E-state index contributed by atoms with van der Waals surface area (Å²) in [6, 6.07) is 18.5. The van der Waals surface area contributed by atoms with Gasteiger partial charge in [-0.1, -0.05) is 60.7 Å². The molecule has 0 saturated carbocycles. The van der Waals surface area contributed by atoms with Crippen LogP contribution in [-0.2, 0) is 14.3 Å². The summed E-state index contributed by atoms with van der Waals surface area (Å²) < 4.78 is 5.25. The molecule has 1 aliphatic heterocycles. The van der Waals surface area contributed by atoms with Gasteiger partial charge in [0.05, 0.1) is 0 Å². The first-order chi connectivity index (χ1) is 10.7. The molecule has 0 bridgehead atoms. The van der Waals surface area contributed by atoms with Crippen molar-refractivity contribution in [3.8, 4) is 0 Å². The Morgan fingerprint density at radius 1 is 0.955 bits per heavy atom. The molecule has 0 atom stereocenters. The molecule has 2 aromatic rings. The van der Waals surface area contributed by atoms with Gasteiger partial charge in [0.2, 0.25) is 0 Å². The molecule has 0 fully saturated rings. The highest BCUT2D eigenvalue weighted by molar-refractivity contribution is 6.26. The number of primary amides is 1. The Balaban J connectivity index is 2.18. The second-order valence-corrected chi connectivity index (χ2v) is 4.79. The summed E-state index contributed by atoms with van der Waals surface area (Å²) in [6.45, 7) is 0. The number of rotatable bonds is 3. The normalized spacial score (nSPS) is 16.0. The van der Waals surface area contributed by atoms with Crippen LogP contribution in [0.25, 0.3) is 11.6 Å². The summed E-state index contributed by atoms with van der Waals surface area (Å²) in [5.41, 5.74) is 7.24. The lowest BCUT2D eigenvalue weighted by molar-refractivity contribution is -0.134. The number of benzene rings is 2. The van der Waals surface area contributed by atoms with E-state index in [2.05, 4.69) is 0 Å². The van der Waals surface area contributed by atoms with Gasteiger partial charge in [-0.3, -0.25) is 4.79 Å². The summed E-state index contributed by atoms with van der Waals surface area (Å²) in [7, 11) is 0. The molecule has 22 heavy (non-hydrogen) atoms. The number of hydrogen-bond donors (Lipinski definition) is 1. The van der Waals surface area contributed by atoms with Gasteiger partial charge in [-0.25, -0.2) is 4.79 Å². The van der Waals surface area contributed by atoms with E-state index < -0.39 is 11.9 Å². The summed E-state index contributed by atoms with van der Waals surface area (Å²) in [4.78, 5) is 23.6. The topological polar surface area (TPSA) is 69.4 Å². The van der Waals surface area contributed by atoms with E-state index >= 15 is 0 Å². The van der Waals surface area contributed by atoms with Crippen LogP contribution in [0.5, 0.6) is 0 Å². The van der Waals surface area contributed by atoms with Gasteiger partial charge in [-0.15, -0.1) is 0 Å². The first-order valence-electron chi connectivity index (χ1n) is 6.75. The van der Waals surface area contributed by atoms with E-state index in [0.29, 0.717) is 16.9 Å². The predicted molar refractivity (Wildman–Crippen MR) is 83.1 cm³/mol. The quantitative estimate of drug-likeness (QED) is 0.698. The third-order valence-electron chi connectivity index (χ3n) is 3.31. The minimum absolute atomic E-state index is 0.117. The summed E-state index contributed by atoms with van der Waals surface area (Å²) in [5, 5.41) is 0. The van der Waals surface area contributed by atoms with E-state index in [1.54, 1.807) is 18.2 Å². The first-order valence-corrected chi connectivity index (χ1v) is 6.75. The van der Waals surface area contributed by atoms with E-state index in [1.165, 1.54) is 0 Å². The average molecular weight is 291 g/mol. The Bertz CT molecular complexity index is 790. The predicted octanol–water partition coefficient (Wildman–Crippen LogP) is 2.52. The minimum atomic E-state index is -0.791. The number of carbonyl (C=O) groups is 2. The van der Waals surface area contributed by atoms with Gasteiger partial charge in [0, 0.05) is 5.57 Å². The molecule has 0 aliphatic carbocycles. The maximum atomic E-state index is 12.0. The zero-order valence-corrected chi connectivity index (χ0v) is 11.7. The number of allylic oxidation sites excluding steroid dienone is 1. The number of esters is 1. The summed E-state index contributed by atoms with van der Waals surface area (Å²) in [6.07, 6.45) is 1.72. The van der Waals surface area contributed by atoms with E-state index in [0.717, 1.165) is 5.56 Å². The Labute approximate surface area is 127 Å². The molecule has 0 radical (unpaired) electrons. The fourth-order valence-electron chi connectivity index (χ4n) is 2.34. The molecule has 4 heteroatoms. The molecule has 0 spiro atoms. The van der Waals surface area contributed by atoms with Crippen LogP contribution >= 0.6 is 0 Å². The van der Waals surface area contributed by atoms with E-state index in [-0.39, 0.29) is 5.57 Å². The minimum Gasteiger partial charge on any atom is -0.422 e. The highest BCUT2D eigenvalue weighted by Crippen LogP contribution is 2.35. The van der Waals surface area contributed by atoms with E-state index in [4.69, 9.17) is 10.5 Å². The molecule has 0 aromatic heterocycles. The molecule has 1 heterocycles. The summed E-state index contributed by atoms with van der Waals surface area (Å²) in [5.74, 6) is -1.18. The lowest BCUT2D eigenvalue weighted by atomic mass is 9.98. The molecule has 108 valence electrons. The molecule has 1 amide bonds. The number of nitrogens with two attached hydrogens (primary N) is 1. The second-order valence-electron chi connectivity index (χ2n) is 4.79. The fraction of sp³-hybridized carbons (Fsp3) is 0. The van der Waals surface area contributed by atoms with Crippen molar-refractivity contribution in [1.82, 2.24) is 0 Å². The monoisotopic (exact) mass is 291 g/mol. The van der Waals surface area contributed by atoms with Crippen LogP contribution in [0.1, 0.15) is 11.1 Å². The zero-order valence-electron chi connectivity index (χ0n) is 11.7. The maximum Gasteiger partial charge on any atom is 0.349 e. The highest BCUT2D eigenvalue weighted by atomic mass is 16.5. The van der Waals surface area contributed by atoms with Crippen molar-refractivity contribution in [3.05, 3.63) is 83.1 Å². The van der Waals surface area contributed by atoms with E-state index in [1.807, 2.05) is 48.5 Å². The molecular weight excluding hydrogens is 278 g/mol. The van der Waals surface area contributed by atoms with Gasteiger partial charge >= 0.3 is 5.97 Å². The fourth-order valence-corrected chi connectivity index (χ4v) is 2.34. The maximum absolute atomic E-state index is 12.0. The van der Waals surface area contributed by atoms with Crippen LogP contribution in [0.2, 0.25) is 0 Å². The average Bonchev–Trinajstić information content (AvgIpc) is 2.85. The van der Waals surface area contributed by atoms with Crippen molar-refractivity contribution in [2.24, 2.45) is 5.73 Å². The first kappa shape index (κ1) is 13.8. The number of ether oxygens (including phenoxy) is 1. The molecule has 4 nitrogen and oxygen atoms in total. The van der Waals surface area contributed by atoms with Crippen molar-refractivity contribution in [1.29, 1.82) is 0 Å². The zero-order chi connectivity index (χ0) is 15.5. The lowest BCUT2D eigenvalue weighted by Gasteiger charge is -2.05. The molecular formula is C18H13NO3. The van der Waals surface area contributed by atoms with Gasteiger partial charge in [0.25, 0.3) is 5.91 Å². The molecule has 2 N–H and O–H groups in total. The van der Waals surface area contributed by atoms with Crippen LogP contribution in [0.3, 0.4) is 0 Å². The van der Waals surface area contributed by atoms with Crippen molar-refractivity contribution in [2.45, 2.75) is 0 Å². The summed E-state index contributed by atoms with van der Waals surface area (Å²) >= 11 is 0. The van der Waals surface area contributed by atoms with Gasteiger partial charge in [0.1, 0.15) is 11.3 Å². The Morgan fingerprint density at radius 2 is 1.55 bits per heavy atom. The van der Waals surface area contributed by atoms with Crippen LogP contribution in [0.4, 0.5) is 0 Å². The molecule has 0 saturated heterocycles. The molecule has 0 unspecified atom stereocenters. The number of amides is 1. The largest absolute Gasteiger partial charge is 0.422 e. The van der Waals surface area contributed by atoms with E-state index in [9.17, 15) is 9.59 Å². The molecule has 2 aromatic carbocycles. The van der Waals surface area contributed by atoms with Gasteiger partial charge < -0.3 is 10.5 Å². The molecule has 1 aliphatic rings. The van der Waals surface area contributed by atoms with Crippen LogP contribution < -0.4 is 5.73 Å². The van der Waals surface area contributed by atoms with Crippen molar-refractivity contribution >= 4 is 23.5 Å². The van der Waals surface area contributed by atoms with Crippen molar-refractivity contribution in [2.75, 3.05) is 0 Å². The highest BCUT2D eigenvalue weighted by Gasteiger charge is 2.34. The smallest absolute Gasteiger partial charge is 0.349 e. The Kier molecular flexibility index (Phi) is 3.58. The SMILES string of the molecule is NC(=O)C1=C(c2ccccc2)C(=Cc2ccccc2)OC1=O. The number of carbonyl (C=O) groups excluding carboxylic acids is 2. The Hall–Kier alpha value is -3.14. The molecule has 3 rings (SSSR count). The third kappa shape index (κ3) is 2.54. The number of hydrogen-bond acceptors (Lipinski definition) is 3. The van der Waals surface area contributed by atoms with Gasteiger partial charge in [-0.05, 0) is 17.2 Å². The van der Waals surface area contributed by atoms with Crippen LogP contribution in [0.15, 0.2) is 72.0 Å². The van der Waals surface area contributed by atoms with Gasteiger partial charge in [-0.2, -0.15) is 0 Å². The van der Waals surface area contributed by atoms with Crippen molar-refractivity contribution < 1.29 is 14.3 Å². The second kappa shape index (κ2) is 5.69. The Morgan fingerprint density at radius 3 is 2.14 bits per heavy atom.